The molecule has 0 saturated carbocycles. The van der Waals surface area contributed by atoms with E-state index in [1.807, 2.05) is 0 Å². The third-order valence-corrected chi connectivity index (χ3v) is 2.41. The number of hydrogen-bond donors (Lipinski definition) is 1. The van der Waals surface area contributed by atoms with Gasteiger partial charge in [-0.25, -0.2) is 0 Å². The molecule has 0 spiro atoms. The molecule has 0 aromatic heterocycles. The van der Waals surface area contributed by atoms with Crippen LogP contribution in [0.1, 0.15) is 10.4 Å². The molecular weight excluding hydrogens is 230 g/mol. The van der Waals surface area contributed by atoms with Crippen molar-refractivity contribution < 1.29 is 14.3 Å². The number of benzene rings is 1. The van der Waals surface area contributed by atoms with Crippen LogP contribution in [0.5, 0.6) is 11.5 Å². The number of ether oxygens (including phenoxy) is 2. The summed E-state index contributed by atoms with van der Waals surface area (Å²) in [5, 5.41) is 3.21. The maximum atomic E-state index is 11.8. The maximum absolute atomic E-state index is 11.8. The quantitative estimate of drug-likeness (QED) is 0.801. The van der Waals surface area contributed by atoms with Crippen molar-refractivity contribution in [2.24, 2.45) is 0 Å². The predicted octanol–water partition coefficient (Wildman–Crippen LogP) is 1.76. The van der Waals surface area contributed by atoms with E-state index in [-0.39, 0.29) is 12.3 Å². The molecule has 1 rings (SSSR count). The van der Waals surface area contributed by atoms with Crippen LogP contribution in [0.3, 0.4) is 0 Å². The molecule has 0 aliphatic rings. The number of halogens is 1. The molecule has 0 unspecified atom stereocenters. The Morgan fingerprint density at radius 3 is 2.44 bits per heavy atom. The van der Waals surface area contributed by atoms with Gasteiger partial charge in [0.1, 0.15) is 0 Å². The van der Waals surface area contributed by atoms with Crippen LogP contribution < -0.4 is 14.8 Å². The molecule has 0 aliphatic carbocycles. The Labute approximate surface area is 99.5 Å². The van der Waals surface area contributed by atoms with E-state index in [0.29, 0.717) is 22.1 Å². The minimum Gasteiger partial charge on any atom is -0.492 e. The largest absolute Gasteiger partial charge is 0.492 e. The number of hydrogen-bond acceptors (Lipinski definition) is 4. The SMILES string of the molecule is CNCC(=O)c1ccc(Cl)c(OC)c1OC. The summed E-state index contributed by atoms with van der Waals surface area (Å²) in [5.74, 6) is 0.677. The second-order valence-corrected chi connectivity index (χ2v) is 3.52. The van der Waals surface area contributed by atoms with Crippen LogP contribution >= 0.6 is 11.6 Å². The van der Waals surface area contributed by atoms with E-state index >= 15 is 0 Å². The van der Waals surface area contributed by atoms with Gasteiger partial charge in [-0.15, -0.1) is 0 Å². The smallest absolute Gasteiger partial charge is 0.180 e. The molecule has 1 aromatic rings. The van der Waals surface area contributed by atoms with Gasteiger partial charge in [0.15, 0.2) is 17.3 Å². The molecule has 0 bridgehead atoms. The molecule has 0 aliphatic heterocycles. The lowest BCUT2D eigenvalue weighted by Gasteiger charge is -2.13. The number of likely N-dealkylation sites (N-methyl/N-ethyl adjacent to an activating group) is 1. The number of ketones is 1. The maximum Gasteiger partial charge on any atom is 0.180 e. The van der Waals surface area contributed by atoms with Gasteiger partial charge in [0.2, 0.25) is 0 Å². The molecule has 0 amide bonds. The number of carbonyl (C=O) groups excluding carboxylic acids is 1. The molecule has 0 saturated heterocycles. The highest BCUT2D eigenvalue weighted by atomic mass is 35.5. The summed E-state index contributed by atoms with van der Waals surface area (Å²) < 4.78 is 10.3. The van der Waals surface area contributed by atoms with Crippen molar-refractivity contribution in [1.29, 1.82) is 0 Å². The van der Waals surface area contributed by atoms with Crippen molar-refractivity contribution in [1.82, 2.24) is 5.32 Å². The summed E-state index contributed by atoms with van der Waals surface area (Å²) in [7, 11) is 4.66. The molecule has 1 aromatic carbocycles. The highest BCUT2D eigenvalue weighted by Crippen LogP contribution is 2.37. The Balaban J connectivity index is 3.24. The Bertz CT molecular complexity index is 393. The van der Waals surface area contributed by atoms with Crippen molar-refractivity contribution in [3.8, 4) is 11.5 Å². The lowest BCUT2D eigenvalue weighted by atomic mass is 10.1. The van der Waals surface area contributed by atoms with E-state index in [1.54, 1.807) is 19.2 Å². The normalized spacial score (nSPS) is 10.0. The van der Waals surface area contributed by atoms with Gasteiger partial charge < -0.3 is 14.8 Å². The fraction of sp³-hybridized carbons (Fsp3) is 0.364. The molecule has 4 nitrogen and oxygen atoms in total. The van der Waals surface area contributed by atoms with E-state index < -0.39 is 0 Å². The summed E-state index contributed by atoms with van der Waals surface area (Å²) in [4.78, 5) is 11.8. The van der Waals surface area contributed by atoms with Gasteiger partial charge in [0.25, 0.3) is 0 Å². The third kappa shape index (κ3) is 2.46. The zero-order chi connectivity index (χ0) is 12.1. The molecule has 0 fully saturated rings. The lowest BCUT2D eigenvalue weighted by molar-refractivity contribution is 0.0990. The first kappa shape index (κ1) is 12.8. The number of rotatable bonds is 5. The zero-order valence-corrected chi connectivity index (χ0v) is 10.2. The molecule has 1 N–H and O–H groups in total. The Kier molecular flexibility index (Phi) is 4.58. The van der Waals surface area contributed by atoms with Crippen LogP contribution in [0.15, 0.2) is 12.1 Å². The monoisotopic (exact) mass is 243 g/mol. The molecule has 16 heavy (non-hydrogen) atoms. The summed E-state index contributed by atoms with van der Waals surface area (Å²) >= 11 is 5.93. The average Bonchev–Trinajstić information content (AvgIpc) is 2.28. The molecule has 0 radical (unpaired) electrons. The van der Waals surface area contributed by atoms with Crippen molar-refractivity contribution in [2.75, 3.05) is 27.8 Å². The lowest BCUT2D eigenvalue weighted by Crippen LogP contribution is -2.19. The van der Waals surface area contributed by atoms with Crippen LogP contribution in [-0.2, 0) is 0 Å². The van der Waals surface area contributed by atoms with Gasteiger partial charge in [-0.3, -0.25) is 4.79 Å². The van der Waals surface area contributed by atoms with Crippen molar-refractivity contribution in [3.63, 3.8) is 0 Å². The van der Waals surface area contributed by atoms with Crippen LogP contribution in [0.2, 0.25) is 5.02 Å². The van der Waals surface area contributed by atoms with E-state index in [4.69, 9.17) is 21.1 Å². The number of nitrogens with one attached hydrogen (secondary N) is 1. The first-order valence-corrected chi connectivity index (χ1v) is 5.11. The fourth-order valence-corrected chi connectivity index (χ4v) is 1.63. The number of carbonyl (C=O) groups is 1. The van der Waals surface area contributed by atoms with Crippen LogP contribution in [0.4, 0.5) is 0 Å². The van der Waals surface area contributed by atoms with Crippen molar-refractivity contribution in [3.05, 3.63) is 22.7 Å². The van der Waals surface area contributed by atoms with E-state index in [9.17, 15) is 4.79 Å². The topological polar surface area (TPSA) is 47.6 Å². The van der Waals surface area contributed by atoms with Gasteiger partial charge >= 0.3 is 0 Å². The summed E-state index contributed by atoms with van der Waals surface area (Å²) in [6, 6.07) is 3.25. The molecule has 0 heterocycles. The summed E-state index contributed by atoms with van der Waals surface area (Å²) in [5.41, 5.74) is 0.457. The van der Waals surface area contributed by atoms with Crippen LogP contribution in [0.25, 0.3) is 0 Å². The first-order chi connectivity index (χ1) is 7.65. The predicted molar refractivity (Wildman–Crippen MR) is 62.8 cm³/mol. The van der Waals surface area contributed by atoms with Gasteiger partial charge in [0.05, 0.1) is 31.4 Å². The molecule has 5 heteroatoms. The minimum absolute atomic E-state index is 0.0747. The van der Waals surface area contributed by atoms with Gasteiger partial charge in [-0.2, -0.15) is 0 Å². The molecule has 0 atom stereocenters. The number of methoxy groups -OCH3 is 2. The molecular formula is C11H14ClNO3. The van der Waals surface area contributed by atoms with Gasteiger partial charge in [-0.1, -0.05) is 11.6 Å². The van der Waals surface area contributed by atoms with E-state index in [1.165, 1.54) is 14.2 Å². The fourth-order valence-electron chi connectivity index (χ4n) is 1.41. The summed E-state index contributed by atoms with van der Waals surface area (Å²) in [6.07, 6.45) is 0. The third-order valence-electron chi connectivity index (χ3n) is 2.11. The second-order valence-electron chi connectivity index (χ2n) is 3.11. The Morgan fingerprint density at radius 1 is 1.31 bits per heavy atom. The number of Topliss-reactive ketones (excluding diaryl/α,β-unsaturated/α-hetero) is 1. The van der Waals surface area contributed by atoms with E-state index in [0.717, 1.165) is 0 Å². The average molecular weight is 244 g/mol. The van der Waals surface area contributed by atoms with Crippen LogP contribution in [0, 0.1) is 0 Å². The minimum atomic E-state index is -0.0747. The highest BCUT2D eigenvalue weighted by molar-refractivity contribution is 6.32. The zero-order valence-electron chi connectivity index (χ0n) is 9.46. The Hall–Kier alpha value is -1.26. The van der Waals surface area contributed by atoms with E-state index in [2.05, 4.69) is 5.32 Å². The van der Waals surface area contributed by atoms with Gasteiger partial charge in [-0.05, 0) is 19.2 Å². The first-order valence-electron chi connectivity index (χ1n) is 4.74. The summed E-state index contributed by atoms with van der Waals surface area (Å²) in [6.45, 7) is 0.237. The molecule has 88 valence electrons. The standard InChI is InChI=1S/C11H14ClNO3/c1-13-6-9(14)7-4-5-8(12)11(16-3)10(7)15-2/h4-5,13H,6H2,1-3H3. The Morgan fingerprint density at radius 2 is 1.94 bits per heavy atom. The second kappa shape index (κ2) is 5.72. The van der Waals surface area contributed by atoms with Gasteiger partial charge in [0, 0.05) is 0 Å². The van der Waals surface area contributed by atoms with Crippen molar-refractivity contribution in [2.45, 2.75) is 0 Å². The highest BCUT2D eigenvalue weighted by Gasteiger charge is 2.18. The van der Waals surface area contributed by atoms with Crippen LogP contribution in [-0.4, -0.2) is 33.6 Å². The van der Waals surface area contributed by atoms with Crippen molar-refractivity contribution >= 4 is 17.4 Å².